The molecule has 3 unspecified atom stereocenters. The van der Waals surface area contributed by atoms with Crippen molar-refractivity contribution in [2.45, 2.75) is 44.9 Å². The highest BCUT2D eigenvalue weighted by atomic mass is 16.5. The standard InChI is InChI=1S/C15H23N3O/c1-10(2)19-14-6-13(8-17-9-14)18-12(7-16-3)4-11-5-15(11)18/h6,8-12,15-16H,4-5,7H2,1-3H3. The number of aromatic nitrogens is 1. The second-order valence-electron chi connectivity index (χ2n) is 5.96. The lowest BCUT2D eigenvalue weighted by atomic mass is 10.1. The maximum absolute atomic E-state index is 5.75. The van der Waals surface area contributed by atoms with Crippen molar-refractivity contribution in [2.75, 3.05) is 18.5 Å². The summed E-state index contributed by atoms with van der Waals surface area (Å²) in [4.78, 5) is 6.89. The van der Waals surface area contributed by atoms with E-state index in [0.29, 0.717) is 6.04 Å². The summed E-state index contributed by atoms with van der Waals surface area (Å²) < 4.78 is 5.75. The van der Waals surface area contributed by atoms with Crippen molar-refractivity contribution in [2.24, 2.45) is 5.92 Å². The van der Waals surface area contributed by atoms with E-state index in [0.717, 1.165) is 24.3 Å². The first-order chi connectivity index (χ1) is 9.19. The van der Waals surface area contributed by atoms with Gasteiger partial charge in [-0.2, -0.15) is 0 Å². The van der Waals surface area contributed by atoms with Crippen LogP contribution in [0.3, 0.4) is 0 Å². The molecule has 19 heavy (non-hydrogen) atoms. The third-order valence-electron chi connectivity index (χ3n) is 4.02. The summed E-state index contributed by atoms with van der Waals surface area (Å²) in [5, 5.41) is 3.30. The second-order valence-corrected chi connectivity index (χ2v) is 5.96. The summed E-state index contributed by atoms with van der Waals surface area (Å²) in [7, 11) is 2.03. The van der Waals surface area contributed by atoms with Crippen LogP contribution in [0.5, 0.6) is 5.75 Å². The molecular weight excluding hydrogens is 238 g/mol. The first-order valence-electron chi connectivity index (χ1n) is 7.23. The van der Waals surface area contributed by atoms with Crippen molar-refractivity contribution < 1.29 is 4.74 Å². The SMILES string of the molecule is CNCC1CC2CC2N1c1cncc(OC(C)C)c1. The van der Waals surface area contributed by atoms with Gasteiger partial charge in [0.2, 0.25) is 0 Å². The number of anilines is 1. The summed E-state index contributed by atoms with van der Waals surface area (Å²) in [6, 6.07) is 3.47. The summed E-state index contributed by atoms with van der Waals surface area (Å²) in [6.45, 7) is 5.13. The van der Waals surface area contributed by atoms with E-state index < -0.39 is 0 Å². The van der Waals surface area contributed by atoms with Gasteiger partial charge in [0.05, 0.1) is 24.2 Å². The van der Waals surface area contributed by atoms with E-state index in [-0.39, 0.29) is 6.10 Å². The van der Waals surface area contributed by atoms with E-state index >= 15 is 0 Å². The van der Waals surface area contributed by atoms with Gasteiger partial charge in [-0.05, 0) is 39.7 Å². The van der Waals surface area contributed by atoms with Gasteiger partial charge in [-0.3, -0.25) is 4.98 Å². The molecule has 1 aromatic rings. The van der Waals surface area contributed by atoms with Crippen molar-refractivity contribution in [3.8, 4) is 5.75 Å². The maximum Gasteiger partial charge on any atom is 0.140 e. The molecule has 0 aromatic carbocycles. The maximum atomic E-state index is 5.75. The minimum Gasteiger partial charge on any atom is -0.489 e. The Morgan fingerprint density at radius 1 is 1.42 bits per heavy atom. The largest absolute Gasteiger partial charge is 0.489 e. The molecule has 0 spiro atoms. The quantitative estimate of drug-likeness (QED) is 0.880. The molecule has 4 heteroatoms. The molecule has 3 rings (SSSR count). The van der Waals surface area contributed by atoms with Gasteiger partial charge in [0, 0.05) is 24.7 Å². The Kier molecular flexibility index (Phi) is 3.35. The molecular formula is C15H23N3O. The molecule has 1 aromatic heterocycles. The minimum absolute atomic E-state index is 0.192. The monoisotopic (exact) mass is 261 g/mol. The summed E-state index contributed by atoms with van der Waals surface area (Å²) >= 11 is 0. The number of nitrogens with one attached hydrogen (secondary N) is 1. The van der Waals surface area contributed by atoms with Crippen LogP contribution in [0.4, 0.5) is 5.69 Å². The Bertz CT molecular complexity index is 449. The predicted molar refractivity (Wildman–Crippen MR) is 76.7 cm³/mol. The normalized spacial score (nSPS) is 28.6. The zero-order valence-corrected chi connectivity index (χ0v) is 12.0. The average molecular weight is 261 g/mol. The lowest BCUT2D eigenvalue weighted by Crippen LogP contribution is -2.39. The van der Waals surface area contributed by atoms with Crippen LogP contribution in [-0.2, 0) is 0 Å². The van der Waals surface area contributed by atoms with Crippen LogP contribution < -0.4 is 15.0 Å². The van der Waals surface area contributed by atoms with Crippen molar-refractivity contribution >= 4 is 5.69 Å². The fourth-order valence-electron chi connectivity index (χ4n) is 3.26. The second kappa shape index (κ2) is 5.00. The van der Waals surface area contributed by atoms with Crippen LogP contribution in [0.25, 0.3) is 0 Å². The molecule has 0 amide bonds. The molecule has 0 bridgehead atoms. The summed E-state index contributed by atoms with van der Waals surface area (Å²) in [5.41, 5.74) is 1.21. The molecule has 0 radical (unpaired) electrons. The van der Waals surface area contributed by atoms with Crippen LogP contribution in [-0.4, -0.2) is 36.8 Å². The highest BCUT2D eigenvalue weighted by Gasteiger charge is 2.51. The van der Waals surface area contributed by atoms with E-state index in [1.54, 1.807) is 6.20 Å². The zero-order chi connectivity index (χ0) is 13.4. The average Bonchev–Trinajstić information content (AvgIpc) is 3.01. The van der Waals surface area contributed by atoms with Gasteiger partial charge >= 0.3 is 0 Å². The van der Waals surface area contributed by atoms with Gasteiger partial charge < -0.3 is 15.0 Å². The molecule has 104 valence electrons. The molecule has 1 aliphatic heterocycles. The number of hydrogen-bond donors (Lipinski definition) is 1. The smallest absolute Gasteiger partial charge is 0.140 e. The molecule has 1 aliphatic carbocycles. The number of hydrogen-bond acceptors (Lipinski definition) is 4. The van der Waals surface area contributed by atoms with Crippen LogP contribution in [0, 0.1) is 5.92 Å². The molecule has 2 heterocycles. The first-order valence-corrected chi connectivity index (χ1v) is 7.23. The van der Waals surface area contributed by atoms with Crippen molar-refractivity contribution in [1.29, 1.82) is 0 Å². The fourth-order valence-corrected chi connectivity index (χ4v) is 3.26. The Hall–Kier alpha value is -1.29. The highest BCUT2D eigenvalue weighted by Crippen LogP contribution is 2.49. The number of rotatable bonds is 5. The molecule has 2 aliphatic rings. The summed E-state index contributed by atoms with van der Waals surface area (Å²) in [6.07, 6.45) is 6.61. The van der Waals surface area contributed by atoms with E-state index in [9.17, 15) is 0 Å². The van der Waals surface area contributed by atoms with Gasteiger partial charge in [0.1, 0.15) is 5.75 Å². The topological polar surface area (TPSA) is 37.4 Å². The Morgan fingerprint density at radius 2 is 2.26 bits per heavy atom. The van der Waals surface area contributed by atoms with Crippen LogP contribution in [0.15, 0.2) is 18.5 Å². The van der Waals surface area contributed by atoms with Crippen molar-refractivity contribution in [1.82, 2.24) is 10.3 Å². The molecule has 1 saturated heterocycles. The third-order valence-corrected chi connectivity index (χ3v) is 4.02. The Balaban J connectivity index is 1.80. The number of likely N-dealkylation sites (N-methyl/N-ethyl adjacent to an activating group) is 1. The van der Waals surface area contributed by atoms with Gasteiger partial charge in [-0.1, -0.05) is 0 Å². The van der Waals surface area contributed by atoms with E-state index in [1.165, 1.54) is 18.5 Å². The molecule has 3 atom stereocenters. The summed E-state index contributed by atoms with van der Waals surface area (Å²) in [5.74, 6) is 1.77. The lowest BCUT2D eigenvalue weighted by Gasteiger charge is -2.29. The van der Waals surface area contributed by atoms with Gasteiger partial charge in [-0.15, -0.1) is 0 Å². The fraction of sp³-hybridized carbons (Fsp3) is 0.667. The van der Waals surface area contributed by atoms with Gasteiger partial charge in [-0.25, -0.2) is 0 Å². The number of piperidine rings is 1. The zero-order valence-electron chi connectivity index (χ0n) is 12.0. The molecule has 2 fully saturated rings. The lowest BCUT2D eigenvalue weighted by molar-refractivity contribution is 0.241. The van der Waals surface area contributed by atoms with Crippen LogP contribution in [0.1, 0.15) is 26.7 Å². The predicted octanol–water partition coefficient (Wildman–Crippen LogP) is 2.06. The first kappa shape index (κ1) is 12.7. The number of ether oxygens (including phenoxy) is 1. The Morgan fingerprint density at radius 3 is 3.00 bits per heavy atom. The third kappa shape index (κ3) is 2.54. The number of fused-ring (bicyclic) bond motifs is 1. The molecule has 4 nitrogen and oxygen atoms in total. The van der Waals surface area contributed by atoms with Crippen molar-refractivity contribution in [3.63, 3.8) is 0 Å². The van der Waals surface area contributed by atoms with E-state index in [2.05, 4.69) is 21.3 Å². The van der Waals surface area contributed by atoms with E-state index in [4.69, 9.17) is 4.74 Å². The van der Waals surface area contributed by atoms with Crippen LogP contribution >= 0.6 is 0 Å². The Labute approximate surface area is 115 Å². The highest BCUT2D eigenvalue weighted by molar-refractivity contribution is 5.53. The van der Waals surface area contributed by atoms with Crippen molar-refractivity contribution in [3.05, 3.63) is 18.5 Å². The number of nitrogens with zero attached hydrogens (tertiary/aromatic N) is 2. The molecule has 1 N–H and O–H groups in total. The van der Waals surface area contributed by atoms with Crippen LogP contribution in [0.2, 0.25) is 0 Å². The minimum atomic E-state index is 0.192. The molecule has 1 saturated carbocycles. The van der Waals surface area contributed by atoms with E-state index in [1.807, 2.05) is 27.1 Å². The number of pyridine rings is 1. The van der Waals surface area contributed by atoms with Gasteiger partial charge in [0.25, 0.3) is 0 Å². The van der Waals surface area contributed by atoms with Gasteiger partial charge in [0.15, 0.2) is 0 Å².